The second kappa shape index (κ2) is 5.59. The smallest absolute Gasteiger partial charge is 0.255 e. The molecule has 0 unspecified atom stereocenters. The van der Waals surface area contributed by atoms with Gasteiger partial charge >= 0.3 is 0 Å². The highest BCUT2D eigenvalue weighted by atomic mass is 79.9. The number of benzene rings is 2. The summed E-state index contributed by atoms with van der Waals surface area (Å²) >= 11 is 3.30. The van der Waals surface area contributed by atoms with Gasteiger partial charge in [-0.2, -0.15) is 0 Å². The average Bonchev–Trinajstić information content (AvgIpc) is 2.37. The number of nitrogens with one attached hydrogen (secondary N) is 1. The van der Waals surface area contributed by atoms with Crippen molar-refractivity contribution in [3.8, 4) is 12.3 Å². The topological polar surface area (TPSA) is 55.1 Å². The van der Waals surface area contributed by atoms with Gasteiger partial charge in [0, 0.05) is 27.0 Å². The van der Waals surface area contributed by atoms with Gasteiger partial charge in [0.25, 0.3) is 5.91 Å². The van der Waals surface area contributed by atoms with Gasteiger partial charge in [0.15, 0.2) is 0 Å². The summed E-state index contributed by atoms with van der Waals surface area (Å²) < 4.78 is 0.759. The quantitative estimate of drug-likeness (QED) is 0.660. The molecule has 1 amide bonds. The minimum absolute atomic E-state index is 0.234. The van der Waals surface area contributed by atoms with Crippen molar-refractivity contribution in [2.24, 2.45) is 0 Å². The first-order chi connectivity index (χ1) is 9.08. The standard InChI is InChI=1S/C15H11BrN2O/c1-2-10-4-3-5-14(6-10)18-15(19)11-7-12(16)9-13(17)8-11/h1,3-9H,17H2,(H,18,19). The Kier molecular flexibility index (Phi) is 3.88. The third-order valence-electron chi connectivity index (χ3n) is 2.47. The first-order valence-electron chi connectivity index (χ1n) is 5.52. The first kappa shape index (κ1) is 13.2. The summed E-state index contributed by atoms with van der Waals surface area (Å²) in [6.07, 6.45) is 5.31. The summed E-state index contributed by atoms with van der Waals surface area (Å²) in [5.41, 5.74) is 8.08. The van der Waals surface area contributed by atoms with Crippen LogP contribution in [-0.4, -0.2) is 5.91 Å². The van der Waals surface area contributed by atoms with Crippen LogP contribution in [0, 0.1) is 12.3 Å². The molecule has 0 aliphatic heterocycles. The van der Waals surface area contributed by atoms with E-state index >= 15 is 0 Å². The van der Waals surface area contributed by atoms with Crippen molar-refractivity contribution >= 4 is 33.2 Å². The lowest BCUT2D eigenvalue weighted by molar-refractivity contribution is 0.102. The summed E-state index contributed by atoms with van der Waals surface area (Å²) in [5, 5.41) is 2.78. The van der Waals surface area contributed by atoms with Gasteiger partial charge in [-0.3, -0.25) is 4.79 Å². The maximum absolute atomic E-state index is 12.1. The fourth-order valence-corrected chi connectivity index (χ4v) is 2.14. The Morgan fingerprint density at radius 2 is 2.05 bits per heavy atom. The first-order valence-corrected chi connectivity index (χ1v) is 6.32. The number of carbonyl (C=O) groups is 1. The van der Waals surface area contributed by atoms with Gasteiger partial charge in [-0.05, 0) is 36.4 Å². The molecule has 3 N–H and O–H groups in total. The molecule has 2 aromatic rings. The van der Waals surface area contributed by atoms with Gasteiger partial charge in [-0.1, -0.05) is 27.9 Å². The second-order valence-electron chi connectivity index (χ2n) is 3.95. The zero-order valence-corrected chi connectivity index (χ0v) is 11.6. The molecule has 0 bridgehead atoms. The highest BCUT2D eigenvalue weighted by Crippen LogP contribution is 2.19. The van der Waals surface area contributed by atoms with Crippen molar-refractivity contribution < 1.29 is 4.79 Å². The molecule has 2 aromatic carbocycles. The number of rotatable bonds is 2. The zero-order valence-electron chi connectivity index (χ0n) is 9.98. The molecule has 0 aromatic heterocycles. The Balaban J connectivity index is 2.23. The van der Waals surface area contributed by atoms with E-state index in [0.717, 1.165) is 4.47 Å². The van der Waals surface area contributed by atoms with Crippen LogP contribution < -0.4 is 11.1 Å². The third kappa shape index (κ3) is 3.36. The lowest BCUT2D eigenvalue weighted by Gasteiger charge is -2.07. The van der Waals surface area contributed by atoms with E-state index in [-0.39, 0.29) is 5.91 Å². The van der Waals surface area contributed by atoms with Gasteiger partial charge in [0.2, 0.25) is 0 Å². The predicted molar refractivity (Wildman–Crippen MR) is 80.9 cm³/mol. The molecule has 94 valence electrons. The number of anilines is 2. The van der Waals surface area contributed by atoms with Crippen molar-refractivity contribution in [3.05, 3.63) is 58.1 Å². The van der Waals surface area contributed by atoms with E-state index in [1.54, 1.807) is 42.5 Å². The fourth-order valence-electron chi connectivity index (χ4n) is 1.63. The van der Waals surface area contributed by atoms with Crippen LogP contribution in [0.15, 0.2) is 46.9 Å². The SMILES string of the molecule is C#Cc1cccc(NC(=O)c2cc(N)cc(Br)c2)c1. The van der Waals surface area contributed by atoms with E-state index in [1.165, 1.54) is 0 Å². The number of halogens is 1. The van der Waals surface area contributed by atoms with Gasteiger partial charge in [0.05, 0.1) is 0 Å². The molecule has 19 heavy (non-hydrogen) atoms. The molecule has 0 spiro atoms. The Hall–Kier alpha value is -2.25. The van der Waals surface area contributed by atoms with Crippen molar-refractivity contribution in [2.45, 2.75) is 0 Å². The third-order valence-corrected chi connectivity index (χ3v) is 2.93. The number of carbonyl (C=O) groups excluding carboxylic acids is 1. The van der Waals surface area contributed by atoms with Gasteiger partial charge in [-0.25, -0.2) is 0 Å². The van der Waals surface area contributed by atoms with Gasteiger partial charge in [0.1, 0.15) is 0 Å². The fraction of sp³-hybridized carbons (Fsp3) is 0. The van der Waals surface area contributed by atoms with Crippen molar-refractivity contribution in [1.82, 2.24) is 0 Å². The second-order valence-corrected chi connectivity index (χ2v) is 4.87. The number of amides is 1. The maximum Gasteiger partial charge on any atom is 0.255 e. The number of terminal acetylenes is 1. The van der Waals surface area contributed by atoms with Crippen LogP contribution in [0.4, 0.5) is 11.4 Å². The normalized spacial score (nSPS) is 9.68. The molecule has 0 radical (unpaired) electrons. The molecule has 3 nitrogen and oxygen atoms in total. The van der Waals surface area contributed by atoms with E-state index in [4.69, 9.17) is 12.2 Å². The number of hydrogen-bond donors (Lipinski definition) is 2. The van der Waals surface area contributed by atoms with Crippen LogP contribution in [-0.2, 0) is 0 Å². The molecule has 2 rings (SSSR count). The average molecular weight is 315 g/mol. The molecular formula is C15H11BrN2O. The highest BCUT2D eigenvalue weighted by Gasteiger charge is 2.08. The van der Waals surface area contributed by atoms with Crippen LogP contribution in [0.25, 0.3) is 0 Å². The largest absolute Gasteiger partial charge is 0.399 e. The summed E-state index contributed by atoms with van der Waals surface area (Å²) in [5.74, 6) is 2.29. The van der Waals surface area contributed by atoms with E-state index in [2.05, 4.69) is 27.2 Å². The Morgan fingerprint density at radius 1 is 1.26 bits per heavy atom. The molecule has 4 heteroatoms. The van der Waals surface area contributed by atoms with Crippen LogP contribution in [0.2, 0.25) is 0 Å². The van der Waals surface area contributed by atoms with E-state index in [9.17, 15) is 4.79 Å². The minimum Gasteiger partial charge on any atom is -0.399 e. The number of nitrogen functional groups attached to an aromatic ring is 1. The minimum atomic E-state index is -0.234. The van der Waals surface area contributed by atoms with Crippen LogP contribution in [0.5, 0.6) is 0 Å². The van der Waals surface area contributed by atoms with E-state index < -0.39 is 0 Å². The maximum atomic E-state index is 12.1. The number of hydrogen-bond acceptors (Lipinski definition) is 2. The van der Waals surface area contributed by atoms with E-state index in [0.29, 0.717) is 22.5 Å². The molecule has 0 saturated carbocycles. The Morgan fingerprint density at radius 3 is 2.74 bits per heavy atom. The molecule has 0 atom stereocenters. The molecule has 0 aliphatic carbocycles. The van der Waals surface area contributed by atoms with E-state index in [1.807, 2.05) is 0 Å². The molecule has 0 heterocycles. The van der Waals surface area contributed by atoms with Crippen LogP contribution in [0.3, 0.4) is 0 Å². The lowest BCUT2D eigenvalue weighted by Crippen LogP contribution is -2.12. The molecule has 0 saturated heterocycles. The zero-order chi connectivity index (χ0) is 13.8. The highest BCUT2D eigenvalue weighted by molar-refractivity contribution is 9.10. The lowest BCUT2D eigenvalue weighted by atomic mass is 10.1. The van der Waals surface area contributed by atoms with Crippen LogP contribution >= 0.6 is 15.9 Å². The van der Waals surface area contributed by atoms with Gasteiger partial charge < -0.3 is 11.1 Å². The predicted octanol–water partition coefficient (Wildman–Crippen LogP) is 3.26. The van der Waals surface area contributed by atoms with Crippen molar-refractivity contribution in [2.75, 3.05) is 11.1 Å². The summed E-state index contributed by atoms with van der Waals surface area (Å²) in [6, 6.07) is 12.2. The Labute approximate surface area is 120 Å². The number of nitrogens with two attached hydrogens (primary N) is 1. The molecule has 0 fully saturated rings. The van der Waals surface area contributed by atoms with Crippen molar-refractivity contribution in [3.63, 3.8) is 0 Å². The molecule has 0 aliphatic rings. The molecular weight excluding hydrogens is 304 g/mol. The summed E-state index contributed by atoms with van der Waals surface area (Å²) in [4.78, 5) is 12.1. The van der Waals surface area contributed by atoms with Gasteiger partial charge in [-0.15, -0.1) is 6.42 Å². The monoisotopic (exact) mass is 314 g/mol. The van der Waals surface area contributed by atoms with Crippen LogP contribution in [0.1, 0.15) is 15.9 Å². The summed E-state index contributed by atoms with van der Waals surface area (Å²) in [6.45, 7) is 0. The summed E-state index contributed by atoms with van der Waals surface area (Å²) in [7, 11) is 0. The van der Waals surface area contributed by atoms with Crippen molar-refractivity contribution in [1.29, 1.82) is 0 Å². The Bertz CT molecular complexity index is 654.